The Kier molecular flexibility index (Phi) is 20.5. The van der Waals surface area contributed by atoms with Gasteiger partial charge in [0.05, 0.1) is 0 Å². The van der Waals surface area contributed by atoms with Crippen molar-refractivity contribution >= 4 is 19.2 Å². The molecule has 2 rings (SSSR count). The molecule has 1 nitrogen and oxygen atoms in total. The molecule has 0 bridgehead atoms. The van der Waals surface area contributed by atoms with Crippen LogP contribution in [0.15, 0.2) is 36.5 Å². The monoisotopic (exact) mass is 492 g/mol. The first-order chi connectivity index (χ1) is 10.7. The molecule has 0 unspecified atom stereocenters. The van der Waals surface area contributed by atoms with Crippen molar-refractivity contribution < 1.29 is 53.5 Å². The zero-order chi connectivity index (χ0) is 17.8. The number of allylic oxidation sites excluding steroid dienone is 8. The van der Waals surface area contributed by atoms with Gasteiger partial charge in [-0.1, -0.05) is 0 Å². The summed E-state index contributed by atoms with van der Waals surface area (Å²) in [5.41, 5.74) is 0. The molecular weight excluding hydrogens is 463 g/mol. The first kappa shape index (κ1) is 30.4. The molecule has 142 valence electrons. The Morgan fingerprint density at radius 1 is 0.960 bits per heavy atom. The molecule has 0 aromatic carbocycles. The molecule has 0 aromatic heterocycles. The SMILES string of the molecule is C[C](=[Zr+2])[Si](C)(C)CCO[Si](C)(C)C.[C-]1=CC=CC1.[C-]1=CC=CC1.[Cl-].[Cl-]. The second-order valence-corrected chi connectivity index (χ2v) is 19.8. The predicted molar refractivity (Wildman–Crippen MR) is 105 cm³/mol. The van der Waals surface area contributed by atoms with Crippen LogP contribution in [0.4, 0.5) is 0 Å². The Hall–Kier alpha value is 0.687. The first-order valence-corrected chi connectivity index (χ1v) is 16.1. The van der Waals surface area contributed by atoms with Gasteiger partial charge in [0, 0.05) is 0 Å². The zero-order valence-electron chi connectivity index (χ0n) is 16.5. The van der Waals surface area contributed by atoms with Gasteiger partial charge in [0.15, 0.2) is 0 Å². The van der Waals surface area contributed by atoms with Crippen LogP contribution in [0.2, 0.25) is 38.8 Å². The van der Waals surface area contributed by atoms with Crippen LogP contribution in [0.25, 0.3) is 0 Å². The summed E-state index contributed by atoms with van der Waals surface area (Å²) in [5, 5.41) is 0. The number of halogens is 2. The minimum atomic E-state index is -1.27. The minimum absolute atomic E-state index is 0. The molecule has 0 radical (unpaired) electrons. The van der Waals surface area contributed by atoms with E-state index >= 15 is 0 Å². The molecule has 2 aliphatic rings. The molecule has 0 fully saturated rings. The van der Waals surface area contributed by atoms with Crippen LogP contribution < -0.4 is 24.8 Å². The van der Waals surface area contributed by atoms with E-state index in [9.17, 15) is 0 Å². The summed E-state index contributed by atoms with van der Waals surface area (Å²) in [7, 11) is -2.30. The molecule has 2 aliphatic carbocycles. The van der Waals surface area contributed by atoms with E-state index in [0.29, 0.717) is 0 Å². The van der Waals surface area contributed by atoms with Crippen LogP contribution in [-0.4, -0.2) is 25.8 Å². The summed E-state index contributed by atoms with van der Waals surface area (Å²) < 4.78 is 7.61. The maximum Gasteiger partial charge on any atom is -0.109 e. The molecule has 0 saturated heterocycles. The van der Waals surface area contributed by atoms with Gasteiger partial charge in [0.2, 0.25) is 0 Å². The summed E-state index contributed by atoms with van der Waals surface area (Å²) in [6.07, 6.45) is 20.0. The summed E-state index contributed by atoms with van der Waals surface area (Å²) in [6, 6.07) is 1.30. The molecule has 0 amide bonds. The number of rotatable bonds is 5. The van der Waals surface area contributed by atoms with E-state index in [-0.39, 0.29) is 24.8 Å². The van der Waals surface area contributed by atoms with E-state index in [1.54, 1.807) is 27.1 Å². The maximum atomic E-state index is 5.89. The third-order valence-corrected chi connectivity index (χ3v) is 13.0. The first-order valence-electron chi connectivity index (χ1n) is 8.28. The van der Waals surface area contributed by atoms with Crippen molar-refractivity contribution in [1.29, 1.82) is 0 Å². The van der Waals surface area contributed by atoms with Crippen molar-refractivity contribution in [1.82, 2.24) is 0 Å². The number of hydrogen-bond donors (Lipinski definition) is 0. The van der Waals surface area contributed by atoms with Crippen LogP contribution in [0, 0.1) is 12.2 Å². The van der Waals surface area contributed by atoms with Crippen LogP contribution in [0.5, 0.6) is 0 Å². The van der Waals surface area contributed by atoms with Crippen molar-refractivity contribution in [3.05, 3.63) is 48.6 Å². The fourth-order valence-corrected chi connectivity index (χ4v) is 4.31. The van der Waals surface area contributed by atoms with Crippen molar-refractivity contribution in [2.75, 3.05) is 6.61 Å². The van der Waals surface area contributed by atoms with Gasteiger partial charge in [0.1, 0.15) is 0 Å². The second kappa shape index (κ2) is 16.8. The van der Waals surface area contributed by atoms with E-state index in [2.05, 4.69) is 64.0 Å². The quantitative estimate of drug-likeness (QED) is 0.368. The molecule has 0 saturated carbocycles. The van der Waals surface area contributed by atoms with Crippen LogP contribution in [0.3, 0.4) is 0 Å². The van der Waals surface area contributed by atoms with Crippen LogP contribution >= 0.6 is 0 Å². The average molecular weight is 495 g/mol. The van der Waals surface area contributed by atoms with Gasteiger partial charge in [-0.15, -0.1) is 12.8 Å². The van der Waals surface area contributed by atoms with Crippen molar-refractivity contribution in [3.63, 3.8) is 0 Å². The molecule has 0 spiro atoms. The second-order valence-electron chi connectivity index (χ2n) is 7.23. The third-order valence-electron chi connectivity index (χ3n) is 3.45. The van der Waals surface area contributed by atoms with E-state index in [1.165, 1.54) is 6.04 Å². The van der Waals surface area contributed by atoms with Gasteiger partial charge in [-0.25, -0.2) is 24.3 Å². The van der Waals surface area contributed by atoms with Gasteiger partial charge in [-0.05, 0) is 0 Å². The fourth-order valence-electron chi connectivity index (χ4n) is 1.48. The molecule has 0 heterocycles. The Labute approximate surface area is 185 Å². The Balaban J connectivity index is -0.000000330. The van der Waals surface area contributed by atoms with Gasteiger partial charge < -0.3 is 24.8 Å². The summed E-state index contributed by atoms with van der Waals surface area (Å²) in [4.78, 5) is 0. The topological polar surface area (TPSA) is 9.23 Å². The van der Waals surface area contributed by atoms with E-state index in [4.69, 9.17) is 4.43 Å². The zero-order valence-corrected chi connectivity index (χ0v) is 22.4. The van der Waals surface area contributed by atoms with Gasteiger partial charge >= 0.3 is 100 Å². The minimum Gasteiger partial charge on any atom is -1.00 e. The van der Waals surface area contributed by atoms with E-state index < -0.39 is 16.4 Å². The van der Waals surface area contributed by atoms with Crippen LogP contribution in [-0.2, 0) is 28.7 Å². The van der Waals surface area contributed by atoms with Gasteiger partial charge in [-0.2, -0.15) is 12.2 Å². The average Bonchev–Trinajstić information content (AvgIpc) is 3.16. The largest absolute Gasteiger partial charge is 1.00 e. The maximum absolute atomic E-state index is 5.89. The molecule has 0 N–H and O–H groups in total. The van der Waals surface area contributed by atoms with Crippen molar-refractivity contribution in [3.8, 4) is 0 Å². The predicted octanol–water partition coefficient (Wildman–Crippen LogP) is -0.556. The molecule has 25 heavy (non-hydrogen) atoms. The Morgan fingerprint density at radius 3 is 1.60 bits per heavy atom. The smallest absolute Gasteiger partial charge is 0.109 e. The summed E-state index contributed by atoms with van der Waals surface area (Å²) in [5.74, 6) is 0. The van der Waals surface area contributed by atoms with Crippen molar-refractivity contribution in [2.45, 2.75) is 58.5 Å². The Bertz CT molecular complexity index is 423. The normalized spacial score (nSPS) is 13.9. The summed E-state index contributed by atoms with van der Waals surface area (Å²) in [6.45, 7) is 15.0. The van der Waals surface area contributed by atoms with Gasteiger partial charge in [-0.3, -0.25) is 12.2 Å². The van der Waals surface area contributed by atoms with Gasteiger partial charge in [0.25, 0.3) is 0 Å². The molecule has 6 heteroatoms. The standard InChI is InChI=1S/C9H22OSi2.2C5H5.2ClH.Zr/c1-7-12(5,6)9-8-10-11(2,3)4;2*1-2-4-5-3-1;;;/h8-9H2,1-6H3;2*1-3H,4H2;2*1H;/q;2*-1;;;+2/p-2. The van der Waals surface area contributed by atoms with E-state index in [1.807, 2.05) is 24.3 Å². The van der Waals surface area contributed by atoms with E-state index in [0.717, 1.165) is 19.4 Å². The number of hydrogen-bond acceptors (Lipinski definition) is 1. The Morgan fingerprint density at radius 2 is 1.40 bits per heavy atom. The molecule has 0 aromatic rings. The molecule has 0 atom stereocenters. The molecule has 0 aliphatic heterocycles. The molecular formula is C19H32Cl2OSi2Zr-2. The summed E-state index contributed by atoms with van der Waals surface area (Å²) >= 11 is 1.62. The fraction of sp³-hybridized carbons (Fsp3) is 0.526. The van der Waals surface area contributed by atoms with Crippen molar-refractivity contribution in [2.24, 2.45) is 0 Å². The van der Waals surface area contributed by atoms with Crippen LogP contribution in [0.1, 0.15) is 19.8 Å². The third kappa shape index (κ3) is 20.8.